The third-order valence-electron chi connectivity index (χ3n) is 2.12. The van der Waals surface area contributed by atoms with Crippen LogP contribution >= 0.6 is 11.3 Å². The first kappa shape index (κ1) is 13.7. The summed E-state index contributed by atoms with van der Waals surface area (Å²) >= 11 is 1.09. The molecule has 17 heavy (non-hydrogen) atoms. The van der Waals surface area contributed by atoms with Gasteiger partial charge >= 0.3 is 5.97 Å². The van der Waals surface area contributed by atoms with E-state index in [-0.39, 0.29) is 16.7 Å². The van der Waals surface area contributed by atoms with Crippen molar-refractivity contribution in [2.45, 2.75) is 13.3 Å². The summed E-state index contributed by atoms with van der Waals surface area (Å²) in [7, 11) is 1.58. The minimum atomic E-state index is -1.03. The lowest BCUT2D eigenvalue weighted by Crippen LogP contribution is -2.18. The maximum Gasteiger partial charge on any atom is 0.348 e. The number of carboxylic acids is 1. The first-order valence-corrected chi connectivity index (χ1v) is 6.02. The lowest BCUT2D eigenvalue weighted by atomic mass is 10.1. The SMILES string of the molecule is COCC(C)CC(=O)Nc1ccsc1C(=O)O. The Morgan fingerprint density at radius 3 is 2.88 bits per heavy atom. The summed E-state index contributed by atoms with van der Waals surface area (Å²) in [6.45, 7) is 2.40. The van der Waals surface area contributed by atoms with Gasteiger partial charge < -0.3 is 15.2 Å². The second kappa shape index (κ2) is 6.36. The largest absolute Gasteiger partial charge is 0.477 e. The summed E-state index contributed by atoms with van der Waals surface area (Å²) in [6, 6.07) is 1.59. The van der Waals surface area contributed by atoms with Crippen LogP contribution < -0.4 is 5.32 Å². The number of carbonyl (C=O) groups excluding carboxylic acids is 1. The number of amides is 1. The van der Waals surface area contributed by atoms with Gasteiger partial charge in [-0.1, -0.05) is 6.92 Å². The van der Waals surface area contributed by atoms with Gasteiger partial charge in [0.1, 0.15) is 4.88 Å². The number of hydrogen-bond donors (Lipinski definition) is 2. The maximum absolute atomic E-state index is 11.6. The van der Waals surface area contributed by atoms with Crippen LogP contribution in [0.5, 0.6) is 0 Å². The van der Waals surface area contributed by atoms with Crippen molar-refractivity contribution in [1.29, 1.82) is 0 Å². The van der Waals surface area contributed by atoms with Gasteiger partial charge in [-0.2, -0.15) is 0 Å². The predicted octanol–water partition coefficient (Wildman–Crippen LogP) is 2.06. The fraction of sp³-hybridized carbons (Fsp3) is 0.455. The zero-order chi connectivity index (χ0) is 12.8. The molecule has 1 rings (SSSR count). The second-order valence-electron chi connectivity index (χ2n) is 3.78. The van der Waals surface area contributed by atoms with Crippen LogP contribution in [0.2, 0.25) is 0 Å². The zero-order valence-electron chi connectivity index (χ0n) is 9.73. The fourth-order valence-corrected chi connectivity index (χ4v) is 2.12. The van der Waals surface area contributed by atoms with Gasteiger partial charge in [-0.05, 0) is 17.4 Å². The average Bonchev–Trinajstić information content (AvgIpc) is 2.65. The minimum Gasteiger partial charge on any atom is -0.477 e. The Bertz CT molecular complexity index is 402. The second-order valence-corrected chi connectivity index (χ2v) is 4.70. The Balaban J connectivity index is 2.56. The molecule has 1 heterocycles. The molecular formula is C11H15NO4S. The number of hydrogen-bond acceptors (Lipinski definition) is 4. The first-order valence-electron chi connectivity index (χ1n) is 5.14. The van der Waals surface area contributed by atoms with Crippen LogP contribution in [-0.4, -0.2) is 30.7 Å². The summed E-state index contributed by atoms with van der Waals surface area (Å²) in [4.78, 5) is 22.6. The van der Waals surface area contributed by atoms with Crippen LogP contribution in [0, 0.1) is 5.92 Å². The van der Waals surface area contributed by atoms with Crippen LogP contribution in [0.15, 0.2) is 11.4 Å². The molecule has 1 atom stereocenters. The molecule has 0 aliphatic carbocycles. The van der Waals surface area contributed by atoms with Crippen LogP contribution in [0.1, 0.15) is 23.0 Å². The van der Waals surface area contributed by atoms with E-state index >= 15 is 0 Å². The van der Waals surface area contributed by atoms with Gasteiger partial charge in [0.15, 0.2) is 0 Å². The molecule has 0 saturated carbocycles. The van der Waals surface area contributed by atoms with Crippen LogP contribution in [0.4, 0.5) is 5.69 Å². The van der Waals surface area contributed by atoms with Gasteiger partial charge in [-0.25, -0.2) is 4.79 Å². The standard InChI is InChI=1S/C11H15NO4S/c1-7(6-16-2)5-9(13)12-8-3-4-17-10(8)11(14)15/h3-4,7H,5-6H2,1-2H3,(H,12,13)(H,14,15). The van der Waals surface area contributed by atoms with Gasteiger partial charge in [0.25, 0.3) is 0 Å². The highest BCUT2D eigenvalue weighted by Gasteiger charge is 2.15. The fourth-order valence-electron chi connectivity index (χ4n) is 1.43. The van der Waals surface area contributed by atoms with E-state index in [1.807, 2.05) is 6.92 Å². The molecule has 0 spiro atoms. The van der Waals surface area contributed by atoms with Crippen LogP contribution in [0.3, 0.4) is 0 Å². The number of anilines is 1. The average molecular weight is 257 g/mol. The lowest BCUT2D eigenvalue weighted by Gasteiger charge is -2.10. The number of aromatic carboxylic acids is 1. The van der Waals surface area contributed by atoms with Crippen molar-refractivity contribution in [2.24, 2.45) is 5.92 Å². The number of carbonyl (C=O) groups is 2. The highest BCUT2D eigenvalue weighted by molar-refractivity contribution is 7.12. The number of ether oxygens (including phenoxy) is 1. The zero-order valence-corrected chi connectivity index (χ0v) is 10.5. The van der Waals surface area contributed by atoms with Crippen LogP contribution in [0.25, 0.3) is 0 Å². The predicted molar refractivity (Wildman–Crippen MR) is 65.6 cm³/mol. The number of nitrogens with one attached hydrogen (secondary N) is 1. The third kappa shape index (κ3) is 4.16. The van der Waals surface area contributed by atoms with Crippen LogP contribution in [-0.2, 0) is 9.53 Å². The molecule has 6 heteroatoms. The summed E-state index contributed by atoms with van der Waals surface area (Å²) in [5.74, 6) is -1.12. The molecule has 0 aliphatic heterocycles. The Hall–Kier alpha value is -1.40. The van der Waals surface area contributed by atoms with Crippen molar-refractivity contribution in [3.63, 3.8) is 0 Å². The van der Waals surface area contributed by atoms with Crippen molar-refractivity contribution in [2.75, 3.05) is 19.0 Å². The Morgan fingerprint density at radius 2 is 2.29 bits per heavy atom. The lowest BCUT2D eigenvalue weighted by molar-refractivity contribution is -0.117. The summed E-state index contributed by atoms with van der Waals surface area (Å²) in [5, 5.41) is 13.1. The van der Waals surface area contributed by atoms with E-state index in [2.05, 4.69) is 5.32 Å². The molecule has 5 nitrogen and oxygen atoms in total. The van der Waals surface area contributed by atoms with Gasteiger partial charge in [0, 0.05) is 20.1 Å². The molecule has 1 amide bonds. The van der Waals surface area contributed by atoms with Crippen molar-refractivity contribution in [3.8, 4) is 0 Å². The molecule has 1 aromatic rings. The molecule has 2 N–H and O–H groups in total. The van der Waals surface area contributed by atoms with Crippen molar-refractivity contribution in [3.05, 3.63) is 16.3 Å². The molecule has 0 saturated heterocycles. The smallest absolute Gasteiger partial charge is 0.348 e. The molecular weight excluding hydrogens is 242 g/mol. The van der Waals surface area contributed by atoms with E-state index in [1.165, 1.54) is 0 Å². The number of methoxy groups -OCH3 is 1. The molecule has 1 unspecified atom stereocenters. The van der Waals surface area contributed by atoms with Gasteiger partial charge in [-0.15, -0.1) is 11.3 Å². The summed E-state index contributed by atoms with van der Waals surface area (Å²) in [5.41, 5.74) is 0.358. The Labute approximate surface area is 103 Å². The van der Waals surface area contributed by atoms with E-state index in [9.17, 15) is 9.59 Å². The highest BCUT2D eigenvalue weighted by Crippen LogP contribution is 2.22. The summed E-state index contributed by atoms with van der Waals surface area (Å²) < 4.78 is 4.93. The normalized spacial score (nSPS) is 12.1. The monoisotopic (exact) mass is 257 g/mol. The van der Waals surface area contributed by atoms with Gasteiger partial charge in [0.05, 0.1) is 5.69 Å². The minimum absolute atomic E-state index is 0.104. The quantitative estimate of drug-likeness (QED) is 0.818. The van der Waals surface area contributed by atoms with Gasteiger partial charge in [-0.3, -0.25) is 4.79 Å². The van der Waals surface area contributed by atoms with E-state index in [0.29, 0.717) is 18.7 Å². The van der Waals surface area contributed by atoms with Crippen molar-refractivity contribution in [1.82, 2.24) is 0 Å². The topological polar surface area (TPSA) is 75.6 Å². The molecule has 1 aromatic heterocycles. The Kier molecular flexibility index (Phi) is 5.11. The van der Waals surface area contributed by atoms with Crippen molar-refractivity contribution < 1.29 is 19.4 Å². The van der Waals surface area contributed by atoms with E-state index in [4.69, 9.17) is 9.84 Å². The summed E-state index contributed by atoms with van der Waals surface area (Å²) in [6.07, 6.45) is 0.308. The number of rotatable bonds is 6. The molecule has 0 radical (unpaired) electrons. The Morgan fingerprint density at radius 1 is 1.59 bits per heavy atom. The van der Waals surface area contributed by atoms with Gasteiger partial charge in [0.2, 0.25) is 5.91 Å². The molecule has 0 fully saturated rings. The molecule has 94 valence electrons. The van der Waals surface area contributed by atoms with E-state index < -0.39 is 5.97 Å². The molecule has 0 aliphatic rings. The maximum atomic E-state index is 11.6. The third-order valence-corrected chi connectivity index (χ3v) is 3.02. The number of thiophene rings is 1. The first-order chi connectivity index (χ1) is 8.04. The molecule has 0 aromatic carbocycles. The van der Waals surface area contributed by atoms with Crippen molar-refractivity contribution >= 4 is 28.9 Å². The highest BCUT2D eigenvalue weighted by atomic mass is 32.1. The van der Waals surface area contributed by atoms with E-state index in [1.54, 1.807) is 18.6 Å². The number of carboxylic acid groups (broad SMARTS) is 1. The van der Waals surface area contributed by atoms with E-state index in [0.717, 1.165) is 11.3 Å². The molecule has 0 bridgehead atoms.